The molecule has 3 aromatic rings. The van der Waals surface area contributed by atoms with E-state index in [4.69, 9.17) is 0 Å². The molecule has 1 unspecified atom stereocenters. The molecule has 1 amide bonds. The second-order valence-corrected chi connectivity index (χ2v) is 7.21. The van der Waals surface area contributed by atoms with Gasteiger partial charge in [-0.2, -0.15) is 0 Å². The number of aromatic nitrogens is 5. The number of aryl methyl sites for hydroxylation is 3. The monoisotopic (exact) mass is 368 g/mol. The number of hydrogen-bond donors (Lipinski definition) is 1. The van der Waals surface area contributed by atoms with Crippen LogP contribution in [0.15, 0.2) is 29.5 Å². The third-order valence-electron chi connectivity index (χ3n) is 5.37. The van der Waals surface area contributed by atoms with Crippen LogP contribution in [0.5, 0.6) is 0 Å². The molecular weight excluding hydrogens is 344 g/mol. The van der Waals surface area contributed by atoms with Gasteiger partial charge < -0.3 is 9.47 Å². The first-order valence-electron chi connectivity index (χ1n) is 9.40. The van der Waals surface area contributed by atoms with Crippen molar-refractivity contribution in [1.82, 2.24) is 29.0 Å². The summed E-state index contributed by atoms with van der Waals surface area (Å²) in [6.45, 7) is 5.32. The molecule has 0 bridgehead atoms. The van der Waals surface area contributed by atoms with Gasteiger partial charge in [-0.3, -0.25) is 14.7 Å². The molecule has 0 aromatic carbocycles. The quantitative estimate of drug-likeness (QED) is 0.762. The molecule has 1 aliphatic heterocycles. The van der Waals surface area contributed by atoms with E-state index in [2.05, 4.69) is 19.6 Å². The molecule has 0 aliphatic carbocycles. The number of aromatic amines is 1. The van der Waals surface area contributed by atoms with E-state index < -0.39 is 0 Å². The molecule has 1 saturated heterocycles. The van der Waals surface area contributed by atoms with Gasteiger partial charge >= 0.3 is 0 Å². The molecule has 1 fully saturated rings. The van der Waals surface area contributed by atoms with Crippen LogP contribution in [0.25, 0.3) is 5.65 Å². The Morgan fingerprint density at radius 2 is 2.15 bits per heavy atom. The van der Waals surface area contributed by atoms with Gasteiger partial charge in [-0.1, -0.05) is 0 Å². The first-order chi connectivity index (χ1) is 13.0. The number of H-pyrrole nitrogens is 1. The minimum absolute atomic E-state index is 0.124. The molecule has 4 rings (SSSR count). The SMILES string of the molecule is Cc1cc2ncc(C(=O)N3CCCCC3CCn3ccnc3C)c(=O)n2[nH]1. The van der Waals surface area contributed by atoms with Crippen LogP contribution in [-0.2, 0) is 6.54 Å². The zero-order valence-electron chi connectivity index (χ0n) is 15.7. The van der Waals surface area contributed by atoms with Gasteiger partial charge in [0, 0.05) is 49.5 Å². The van der Waals surface area contributed by atoms with Crippen LogP contribution in [0.3, 0.4) is 0 Å². The van der Waals surface area contributed by atoms with E-state index in [1.807, 2.05) is 24.9 Å². The van der Waals surface area contributed by atoms with Crippen LogP contribution in [-0.4, -0.2) is 47.5 Å². The number of hydrogen-bond acceptors (Lipinski definition) is 4. The van der Waals surface area contributed by atoms with E-state index >= 15 is 0 Å². The molecule has 8 nitrogen and oxygen atoms in total. The fourth-order valence-corrected chi connectivity index (χ4v) is 3.88. The third-order valence-corrected chi connectivity index (χ3v) is 5.37. The number of rotatable bonds is 4. The maximum atomic E-state index is 13.1. The van der Waals surface area contributed by atoms with Crippen LogP contribution in [0.2, 0.25) is 0 Å². The Hall–Kier alpha value is -2.90. The number of carbonyl (C=O) groups is 1. The lowest BCUT2D eigenvalue weighted by atomic mass is 9.98. The van der Waals surface area contributed by atoms with Gasteiger partial charge in [0.15, 0.2) is 5.65 Å². The summed E-state index contributed by atoms with van der Waals surface area (Å²) < 4.78 is 3.44. The molecule has 1 aliphatic rings. The lowest BCUT2D eigenvalue weighted by molar-refractivity contribution is 0.0592. The van der Waals surface area contributed by atoms with Crippen molar-refractivity contribution in [2.45, 2.75) is 52.1 Å². The van der Waals surface area contributed by atoms with Crippen molar-refractivity contribution in [2.75, 3.05) is 6.54 Å². The largest absolute Gasteiger partial charge is 0.335 e. The molecule has 1 N–H and O–H groups in total. The molecule has 0 saturated carbocycles. The molecule has 4 heterocycles. The number of likely N-dealkylation sites (tertiary alicyclic amines) is 1. The van der Waals surface area contributed by atoms with Crippen LogP contribution < -0.4 is 5.56 Å². The Balaban J connectivity index is 1.58. The van der Waals surface area contributed by atoms with Crippen molar-refractivity contribution >= 4 is 11.6 Å². The van der Waals surface area contributed by atoms with Crippen molar-refractivity contribution in [2.24, 2.45) is 0 Å². The smallest absolute Gasteiger partial charge is 0.285 e. The predicted octanol–water partition coefficient (Wildman–Crippen LogP) is 1.92. The summed E-state index contributed by atoms with van der Waals surface area (Å²) in [7, 11) is 0. The minimum atomic E-state index is -0.340. The molecule has 8 heteroatoms. The van der Waals surface area contributed by atoms with Gasteiger partial charge in [-0.15, -0.1) is 0 Å². The molecule has 142 valence electrons. The summed E-state index contributed by atoms with van der Waals surface area (Å²) in [5.74, 6) is 0.750. The second kappa shape index (κ2) is 7.02. The van der Waals surface area contributed by atoms with E-state index in [0.717, 1.165) is 43.7 Å². The number of carbonyl (C=O) groups excluding carboxylic acids is 1. The zero-order chi connectivity index (χ0) is 19.0. The number of amides is 1. The van der Waals surface area contributed by atoms with Gasteiger partial charge in [0.25, 0.3) is 11.5 Å². The fourth-order valence-electron chi connectivity index (χ4n) is 3.88. The van der Waals surface area contributed by atoms with Gasteiger partial charge in [0.05, 0.1) is 0 Å². The van der Waals surface area contributed by atoms with E-state index in [1.54, 1.807) is 12.3 Å². The van der Waals surface area contributed by atoms with E-state index in [1.165, 1.54) is 10.7 Å². The first-order valence-corrected chi connectivity index (χ1v) is 9.40. The first kappa shape index (κ1) is 17.5. The molecule has 0 spiro atoms. The van der Waals surface area contributed by atoms with Crippen LogP contribution in [0.4, 0.5) is 0 Å². The maximum Gasteiger partial charge on any atom is 0.285 e. The van der Waals surface area contributed by atoms with E-state index in [0.29, 0.717) is 12.2 Å². The summed E-state index contributed by atoms with van der Waals surface area (Å²) in [6.07, 6.45) is 9.04. The van der Waals surface area contributed by atoms with Gasteiger partial charge in [-0.25, -0.2) is 14.5 Å². The standard InChI is InChI=1S/C19H24N6O2/c1-13-11-17-21-12-16(19(27)25(17)22-13)18(26)24-8-4-3-5-15(24)6-9-23-10-7-20-14(23)2/h7,10-12,15,22H,3-6,8-9H2,1-2H3. The van der Waals surface area contributed by atoms with E-state index in [-0.39, 0.29) is 23.1 Å². The average molecular weight is 368 g/mol. The molecule has 1 atom stereocenters. The molecule has 27 heavy (non-hydrogen) atoms. The highest BCUT2D eigenvalue weighted by Crippen LogP contribution is 2.22. The fraction of sp³-hybridized carbons (Fsp3) is 0.474. The Bertz CT molecular complexity index is 1030. The summed E-state index contributed by atoms with van der Waals surface area (Å²) >= 11 is 0. The van der Waals surface area contributed by atoms with Crippen LogP contribution >= 0.6 is 0 Å². The lowest BCUT2D eigenvalue weighted by Crippen LogP contribution is -2.46. The summed E-state index contributed by atoms with van der Waals surface area (Å²) in [6, 6.07) is 1.91. The average Bonchev–Trinajstić information content (AvgIpc) is 3.25. The summed E-state index contributed by atoms with van der Waals surface area (Å²) in [5, 5.41) is 2.95. The molecule has 0 radical (unpaired) electrons. The van der Waals surface area contributed by atoms with Gasteiger partial charge in [0.2, 0.25) is 0 Å². The highest BCUT2D eigenvalue weighted by atomic mass is 16.2. The van der Waals surface area contributed by atoms with E-state index in [9.17, 15) is 9.59 Å². The summed E-state index contributed by atoms with van der Waals surface area (Å²) in [5.41, 5.74) is 1.14. The second-order valence-electron chi connectivity index (χ2n) is 7.21. The Kier molecular flexibility index (Phi) is 4.55. The number of nitrogens with one attached hydrogen (secondary N) is 1. The molecule has 3 aromatic heterocycles. The number of imidazole rings is 1. The minimum Gasteiger partial charge on any atom is -0.335 e. The third kappa shape index (κ3) is 3.27. The van der Waals surface area contributed by atoms with Crippen molar-refractivity contribution in [3.8, 4) is 0 Å². The number of fused-ring (bicyclic) bond motifs is 1. The highest BCUT2D eigenvalue weighted by molar-refractivity contribution is 5.94. The topological polar surface area (TPSA) is 88.3 Å². The number of piperidine rings is 1. The normalized spacial score (nSPS) is 17.6. The summed E-state index contributed by atoms with van der Waals surface area (Å²) in [4.78, 5) is 36.3. The highest BCUT2D eigenvalue weighted by Gasteiger charge is 2.29. The van der Waals surface area contributed by atoms with Crippen molar-refractivity contribution in [3.05, 3.63) is 52.1 Å². The Labute approximate surface area is 156 Å². The Morgan fingerprint density at radius 1 is 1.30 bits per heavy atom. The van der Waals surface area contributed by atoms with Crippen molar-refractivity contribution < 1.29 is 4.79 Å². The number of nitrogens with zero attached hydrogens (tertiary/aromatic N) is 5. The van der Waals surface area contributed by atoms with Crippen molar-refractivity contribution in [3.63, 3.8) is 0 Å². The maximum absolute atomic E-state index is 13.1. The van der Waals surface area contributed by atoms with Gasteiger partial charge in [0.1, 0.15) is 11.4 Å². The predicted molar refractivity (Wildman–Crippen MR) is 101 cm³/mol. The van der Waals surface area contributed by atoms with Crippen molar-refractivity contribution in [1.29, 1.82) is 0 Å². The zero-order valence-corrected chi connectivity index (χ0v) is 15.7. The van der Waals surface area contributed by atoms with Gasteiger partial charge in [-0.05, 0) is 39.5 Å². The Morgan fingerprint density at radius 3 is 2.93 bits per heavy atom. The molecular formula is C19H24N6O2. The van der Waals surface area contributed by atoms with Crippen LogP contribution in [0.1, 0.15) is 47.6 Å². The lowest BCUT2D eigenvalue weighted by Gasteiger charge is -2.35. The van der Waals surface area contributed by atoms with Crippen LogP contribution in [0, 0.1) is 13.8 Å².